The highest BCUT2D eigenvalue weighted by Crippen LogP contribution is 2.27. The van der Waals surface area contributed by atoms with E-state index in [2.05, 4.69) is 20.7 Å². The van der Waals surface area contributed by atoms with Crippen LogP contribution in [0.4, 0.5) is 5.69 Å². The molecule has 1 aliphatic rings. The SMILES string of the molecule is Nc1ccc(S(=O)(=O)NCC2CCCC2O)c(Br)c1. The van der Waals surface area contributed by atoms with Gasteiger partial charge < -0.3 is 10.8 Å². The van der Waals surface area contributed by atoms with E-state index in [0.29, 0.717) is 10.2 Å². The molecule has 7 heteroatoms. The molecule has 0 heterocycles. The summed E-state index contributed by atoms with van der Waals surface area (Å²) >= 11 is 3.20. The van der Waals surface area contributed by atoms with Crippen LogP contribution in [0.25, 0.3) is 0 Å². The molecule has 19 heavy (non-hydrogen) atoms. The van der Waals surface area contributed by atoms with Crippen molar-refractivity contribution in [1.29, 1.82) is 0 Å². The van der Waals surface area contributed by atoms with Gasteiger partial charge in [0.2, 0.25) is 10.0 Å². The average molecular weight is 349 g/mol. The van der Waals surface area contributed by atoms with E-state index < -0.39 is 16.1 Å². The molecule has 2 rings (SSSR count). The number of sulfonamides is 1. The molecule has 1 fully saturated rings. The Labute approximate surface area is 121 Å². The maximum Gasteiger partial charge on any atom is 0.241 e. The van der Waals surface area contributed by atoms with Crippen molar-refractivity contribution in [2.45, 2.75) is 30.3 Å². The lowest BCUT2D eigenvalue weighted by Crippen LogP contribution is -2.32. The standard InChI is InChI=1S/C12H17BrN2O3S/c13-10-6-9(14)4-5-12(10)19(17,18)15-7-8-2-1-3-11(8)16/h4-6,8,11,15-16H,1-3,7,14H2. The van der Waals surface area contributed by atoms with E-state index in [1.54, 1.807) is 12.1 Å². The zero-order valence-electron chi connectivity index (χ0n) is 10.3. The second kappa shape index (κ2) is 5.78. The van der Waals surface area contributed by atoms with E-state index in [0.717, 1.165) is 19.3 Å². The molecular weight excluding hydrogens is 332 g/mol. The minimum atomic E-state index is -3.58. The van der Waals surface area contributed by atoms with Crippen LogP contribution in [0.1, 0.15) is 19.3 Å². The highest BCUT2D eigenvalue weighted by Gasteiger charge is 2.27. The first-order valence-electron chi connectivity index (χ1n) is 6.13. The monoisotopic (exact) mass is 348 g/mol. The fourth-order valence-electron chi connectivity index (χ4n) is 2.28. The Bertz CT molecular complexity index is 562. The van der Waals surface area contributed by atoms with Gasteiger partial charge in [0.1, 0.15) is 0 Å². The Morgan fingerprint density at radius 1 is 1.42 bits per heavy atom. The number of nitrogens with one attached hydrogen (secondary N) is 1. The number of hydrogen-bond acceptors (Lipinski definition) is 4. The maximum absolute atomic E-state index is 12.2. The fourth-order valence-corrected chi connectivity index (χ4v) is 4.47. The Hall–Kier alpha value is -0.630. The summed E-state index contributed by atoms with van der Waals surface area (Å²) in [5.41, 5.74) is 6.08. The van der Waals surface area contributed by atoms with Crippen molar-refractivity contribution >= 4 is 31.6 Å². The number of nitrogens with two attached hydrogens (primary N) is 1. The van der Waals surface area contributed by atoms with Gasteiger partial charge in [0, 0.05) is 16.7 Å². The van der Waals surface area contributed by atoms with Crippen LogP contribution in [-0.2, 0) is 10.0 Å². The van der Waals surface area contributed by atoms with Crippen molar-refractivity contribution in [3.05, 3.63) is 22.7 Å². The highest BCUT2D eigenvalue weighted by atomic mass is 79.9. The summed E-state index contributed by atoms with van der Waals surface area (Å²) in [5.74, 6) is 0.00216. The first-order chi connectivity index (χ1) is 8.90. The summed E-state index contributed by atoms with van der Waals surface area (Å²) in [4.78, 5) is 0.161. The maximum atomic E-state index is 12.2. The van der Waals surface area contributed by atoms with Gasteiger partial charge in [-0.25, -0.2) is 13.1 Å². The number of hydrogen-bond donors (Lipinski definition) is 3. The lowest BCUT2D eigenvalue weighted by molar-refractivity contribution is 0.134. The third kappa shape index (κ3) is 3.47. The minimum Gasteiger partial charge on any atom is -0.399 e. The lowest BCUT2D eigenvalue weighted by Gasteiger charge is -2.15. The predicted molar refractivity (Wildman–Crippen MR) is 77.1 cm³/mol. The summed E-state index contributed by atoms with van der Waals surface area (Å²) in [6, 6.07) is 4.57. The van der Waals surface area contributed by atoms with E-state index in [9.17, 15) is 13.5 Å². The van der Waals surface area contributed by atoms with Gasteiger partial charge in [-0.05, 0) is 52.9 Å². The summed E-state index contributed by atoms with van der Waals surface area (Å²) in [5, 5.41) is 9.69. The molecule has 0 amide bonds. The van der Waals surface area contributed by atoms with Gasteiger partial charge >= 0.3 is 0 Å². The normalized spacial score (nSPS) is 23.7. The number of aliphatic hydroxyl groups is 1. The van der Waals surface area contributed by atoms with Crippen LogP contribution < -0.4 is 10.5 Å². The molecule has 106 valence electrons. The van der Waals surface area contributed by atoms with Crippen LogP contribution >= 0.6 is 15.9 Å². The first-order valence-corrected chi connectivity index (χ1v) is 8.40. The molecule has 1 saturated carbocycles. The zero-order valence-corrected chi connectivity index (χ0v) is 12.7. The predicted octanol–water partition coefficient (Wildman–Crippen LogP) is 1.47. The van der Waals surface area contributed by atoms with Crippen LogP contribution in [-0.4, -0.2) is 26.2 Å². The van der Waals surface area contributed by atoms with Gasteiger partial charge in [0.05, 0.1) is 11.0 Å². The molecule has 0 spiro atoms. The molecule has 0 saturated heterocycles. The summed E-state index contributed by atoms with van der Waals surface area (Å²) in [6.45, 7) is 0.264. The Morgan fingerprint density at radius 3 is 2.74 bits per heavy atom. The van der Waals surface area contributed by atoms with Gasteiger partial charge in [0.25, 0.3) is 0 Å². The number of anilines is 1. The van der Waals surface area contributed by atoms with Crippen molar-refractivity contribution in [3.63, 3.8) is 0 Å². The Kier molecular flexibility index (Phi) is 4.50. The first kappa shape index (κ1) is 14.8. The van der Waals surface area contributed by atoms with Gasteiger partial charge in [-0.1, -0.05) is 6.42 Å². The smallest absolute Gasteiger partial charge is 0.241 e. The molecule has 1 aromatic rings. The highest BCUT2D eigenvalue weighted by molar-refractivity contribution is 9.10. The van der Waals surface area contributed by atoms with Crippen LogP contribution in [0.15, 0.2) is 27.6 Å². The van der Waals surface area contributed by atoms with Gasteiger partial charge in [0.15, 0.2) is 0 Å². The molecular formula is C12H17BrN2O3S. The Balaban J connectivity index is 2.09. The molecule has 0 bridgehead atoms. The molecule has 4 N–H and O–H groups in total. The van der Waals surface area contributed by atoms with Crippen molar-refractivity contribution in [1.82, 2.24) is 4.72 Å². The molecule has 2 atom stereocenters. The van der Waals surface area contributed by atoms with Crippen molar-refractivity contribution in [2.24, 2.45) is 5.92 Å². The van der Waals surface area contributed by atoms with Gasteiger partial charge in [-0.15, -0.1) is 0 Å². The van der Waals surface area contributed by atoms with Crippen molar-refractivity contribution in [2.75, 3.05) is 12.3 Å². The van der Waals surface area contributed by atoms with E-state index in [4.69, 9.17) is 5.73 Å². The molecule has 2 unspecified atom stereocenters. The van der Waals surface area contributed by atoms with Crippen LogP contribution in [0.5, 0.6) is 0 Å². The Morgan fingerprint density at radius 2 is 2.16 bits per heavy atom. The zero-order chi connectivity index (χ0) is 14.0. The molecule has 0 aliphatic heterocycles. The molecule has 5 nitrogen and oxygen atoms in total. The number of rotatable bonds is 4. The van der Waals surface area contributed by atoms with Crippen LogP contribution in [0.3, 0.4) is 0 Å². The molecule has 0 radical (unpaired) electrons. The molecule has 1 aliphatic carbocycles. The fraction of sp³-hybridized carbons (Fsp3) is 0.500. The summed E-state index contributed by atoms with van der Waals surface area (Å²) in [6.07, 6.45) is 2.14. The van der Waals surface area contributed by atoms with Crippen molar-refractivity contribution < 1.29 is 13.5 Å². The van der Waals surface area contributed by atoms with Crippen LogP contribution in [0.2, 0.25) is 0 Å². The average Bonchev–Trinajstić information content (AvgIpc) is 2.72. The number of aliphatic hydroxyl groups excluding tert-OH is 1. The van der Waals surface area contributed by atoms with Gasteiger partial charge in [-0.3, -0.25) is 0 Å². The quantitative estimate of drug-likeness (QED) is 0.718. The second-order valence-corrected chi connectivity index (χ2v) is 7.39. The lowest BCUT2D eigenvalue weighted by atomic mass is 10.1. The van der Waals surface area contributed by atoms with Crippen molar-refractivity contribution in [3.8, 4) is 0 Å². The molecule has 0 aromatic heterocycles. The van der Waals surface area contributed by atoms with Crippen LogP contribution in [0, 0.1) is 5.92 Å². The van der Waals surface area contributed by atoms with E-state index in [-0.39, 0.29) is 17.4 Å². The number of halogens is 1. The topological polar surface area (TPSA) is 92.4 Å². The second-order valence-electron chi connectivity index (χ2n) is 4.80. The number of benzene rings is 1. The third-order valence-corrected chi connectivity index (χ3v) is 5.80. The van der Waals surface area contributed by atoms with E-state index in [1.807, 2.05) is 0 Å². The summed E-state index contributed by atoms with van der Waals surface area (Å²) < 4.78 is 27.3. The van der Waals surface area contributed by atoms with Gasteiger partial charge in [-0.2, -0.15) is 0 Å². The molecule has 1 aromatic carbocycles. The van der Waals surface area contributed by atoms with E-state index >= 15 is 0 Å². The summed E-state index contributed by atoms with van der Waals surface area (Å²) in [7, 11) is -3.58. The largest absolute Gasteiger partial charge is 0.399 e. The minimum absolute atomic E-state index is 0.00216. The third-order valence-electron chi connectivity index (χ3n) is 3.40. The number of nitrogen functional groups attached to an aromatic ring is 1. The van der Waals surface area contributed by atoms with E-state index in [1.165, 1.54) is 6.07 Å².